The zero-order valence-electron chi connectivity index (χ0n) is 9.98. The van der Waals surface area contributed by atoms with Crippen LogP contribution in [-0.4, -0.2) is 37.5 Å². The molecule has 1 heterocycles. The van der Waals surface area contributed by atoms with Gasteiger partial charge in [0.2, 0.25) is 0 Å². The van der Waals surface area contributed by atoms with Crippen LogP contribution < -0.4 is 0 Å². The molecule has 0 aromatic carbocycles. The maximum Gasteiger partial charge on any atom is 0.182 e. The van der Waals surface area contributed by atoms with E-state index in [0.29, 0.717) is 8.42 Å². The van der Waals surface area contributed by atoms with E-state index in [2.05, 4.69) is 0 Å². The molecule has 0 aliphatic carbocycles. The quantitative estimate of drug-likeness (QED) is 0.759. The predicted molar refractivity (Wildman–Crippen MR) is 71.5 cm³/mol. The third-order valence-corrected chi connectivity index (χ3v) is 8.66. The first-order valence-electron chi connectivity index (χ1n) is 4.39. The van der Waals surface area contributed by atoms with Crippen molar-refractivity contribution in [2.45, 2.75) is 8.42 Å². The van der Waals surface area contributed by atoms with E-state index in [1.54, 1.807) is 0 Å². The summed E-state index contributed by atoms with van der Waals surface area (Å²) < 4.78 is 28.7. The molecule has 0 bridgehead atoms. The van der Waals surface area contributed by atoms with Crippen molar-refractivity contribution in [3.8, 4) is 0 Å². The molecule has 0 aliphatic rings. The summed E-state index contributed by atoms with van der Waals surface area (Å²) in [6.07, 6.45) is 11.9. The van der Waals surface area contributed by atoms with Crippen LogP contribution in [0.1, 0.15) is 0 Å². The number of hydrogen-bond donors (Lipinski definition) is 0. The van der Waals surface area contributed by atoms with Gasteiger partial charge in [-0.2, -0.15) is 0 Å². The van der Waals surface area contributed by atoms with Crippen molar-refractivity contribution in [1.82, 2.24) is 0 Å². The number of rotatable bonds is 2. The molecule has 0 radical (unpaired) electrons. The smallest absolute Gasteiger partial charge is 0.182 e. The Morgan fingerprint density at radius 3 is 1.13 bits per heavy atom. The van der Waals surface area contributed by atoms with Crippen molar-refractivity contribution in [2.75, 3.05) is 37.5 Å². The van der Waals surface area contributed by atoms with Crippen molar-refractivity contribution in [2.24, 2.45) is 0 Å². The van der Waals surface area contributed by atoms with Gasteiger partial charge in [-0.1, -0.05) is 0 Å². The van der Waals surface area contributed by atoms with E-state index in [-0.39, 0.29) is 0 Å². The molecule has 90 valence electrons. The minimum absolute atomic E-state index is 0.609. The van der Waals surface area contributed by atoms with Crippen molar-refractivity contribution in [3.05, 3.63) is 11.6 Å². The maximum atomic E-state index is 13.7. The van der Waals surface area contributed by atoms with Gasteiger partial charge in [0, 0.05) is 0 Å². The molecule has 0 unspecified atom stereocenters. The molecular formula is C10H18F2S3. The maximum absolute atomic E-state index is 13.7. The molecule has 0 saturated carbocycles. The summed E-state index contributed by atoms with van der Waals surface area (Å²) in [7, 11) is -2.36. The fourth-order valence-corrected chi connectivity index (χ4v) is 5.58. The Kier molecular flexibility index (Phi) is 3.49. The highest BCUT2D eigenvalue weighted by Gasteiger charge is 2.28. The van der Waals surface area contributed by atoms with Crippen molar-refractivity contribution < 1.29 is 8.78 Å². The zero-order chi connectivity index (χ0) is 12.0. The standard InChI is InChI=1S/C10H18F2S3/c1-14(2,3)9-7(11)8(12)10(13-9)15(4,5)6/h1-6H3. The molecule has 0 saturated heterocycles. The average molecular weight is 272 g/mol. The minimum Gasteiger partial charge on any atom is -0.211 e. The van der Waals surface area contributed by atoms with Crippen molar-refractivity contribution >= 4 is 31.4 Å². The first-order chi connectivity index (χ1) is 6.55. The van der Waals surface area contributed by atoms with Crippen LogP contribution >= 0.6 is 31.4 Å². The van der Waals surface area contributed by atoms with E-state index in [4.69, 9.17) is 0 Å². The summed E-state index contributed by atoms with van der Waals surface area (Å²) in [5, 5.41) is 0. The normalized spacial score (nSPS) is 15.5. The summed E-state index contributed by atoms with van der Waals surface area (Å²) in [6.45, 7) is 0. The van der Waals surface area contributed by atoms with E-state index in [1.165, 1.54) is 11.3 Å². The molecule has 1 rings (SSSR count). The molecule has 15 heavy (non-hydrogen) atoms. The number of halogens is 2. The Morgan fingerprint density at radius 1 is 0.733 bits per heavy atom. The highest BCUT2D eigenvalue weighted by Crippen LogP contribution is 2.58. The average Bonchev–Trinajstić information content (AvgIpc) is 2.26. The Balaban J connectivity index is 3.38. The molecule has 0 amide bonds. The summed E-state index contributed by atoms with van der Waals surface area (Å²) in [6, 6.07) is 0. The lowest BCUT2D eigenvalue weighted by molar-refractivity contribution is 0.491. The SMILES string of the molecule is CS(C)(C)c1sc(S(C)(C)C)c(F)c1F. The summed E-state index contributed by atoms with van der Waals surface area (Å²) in [4.78, 5) is 0. The van der Waals surface area contributed by atoms with Crippen LogP contribution in [0.5, 0.6) is 0 Å². The lowest BCUT2D eigenvalue weighted by Gasteiger charge is -2.25. The predicted octanol–water partition coefficient (Wildman–Crippen LogP) is 4.13. The highest BCUT2D eigenvalue weighted by atomic mass is 32.3. The third kappa shape index (κ3) is 2.68. The lowest BCUT2D eigenvalue weighted by atomic mass is 10.6. The highest BCUT2D eigenvalue weighted by molar-refractivity contribution is 8.34. The molecular weight excluding hydrogens is 254 g/mol. The molecule has 0 N–H and O–H groups in total. The Hall–Kier alpha value is 0.260. The van der Waals surface area contributed by atoms with Gasteiger partial charge in [0.05, 0.1) is 8.42 Å². The van der Waals surface area contributed by atoms with E-state index in [9.17, 15) is 8.78 Å². The number of thiophene rings is 1. The van der Waals surface area contributed by atoms with Crippen LogP contribution in [0.25, 0.3) is 0 Å². The molecule has 1 aromatic heterocycles. The second-order valence-corrected chi connectivity index (χ2v) is 14.7. The van der Waals surface area contributed by atoms with E-state index >= 15 is 0 Å². The van der Waals surface area contributed by atoms with E-state index < -0.39 is 31.7 Å². The topological polar surface area (TPSA) is 0 Å². The van der Waals surface area contributed by atoms with Gasteiger partial charge in [0.15, 0.2) is 11.6 Å². The van der Waals surface area contributed by atoms with Crippen molar-refractivity contribution in [1.29, 1.82) is 0 Å². The fourth-order valence-electron chi connectivity index (χ4n) is 1.14. The second kappa shape index (κ2) is 3.93. The largest absolute Gasteiger partial charge is 0.211 e. The monoisotopic (exact) mass is 272 g/mol. The fraction of sp³-hybridized carbons (Fsp3) is 0.600. The molecule has 0 atom stereocenters. The minimum atomic E-state index is -1.18. The first-order valence-corrected chi connectivity index (χ1v) is 10.9. The van der Waals surface area contributed by atoms with Crippen LogP contribution in [0.4, 0.5) is 8.78 Å². The van der Waals surface area contributed by atoms with Gasteiger partial charge in [-0.25, -0.2) is 28.8 Å². The lowest BCUT2D eigenvalue weighted by Crippen LogP contribution is -1.94. The van der Waals surface area contributed by atoms with Crippen LogP contribution in [-0.2, 0) is 0 Å². The van der Waals surface area contributed by atoms with Gasteiger partial charge in [-0.15, -0.1) is 11.3 Å². The Labute approximate surface area is 97.7 Å². The van der Waals surface area contributed by atoms with Crippen LogP contribution in [0, 0.1) is 11.6 Å². The van der Waals surface area contributed by atoms with E-state index in [1.807, 2.05) is 37.5 Å². The van der Waals surface area contributed by atoms with Gasteiger partial charge in [-0.05, 0) is 37.5 Å². The molecule has 0 spiro atoms. The number of hydrogen-bond acceptors (Lipinski definition) is 1. The molecule has 1 aromatic rings. The molecule has 0 nitrogen and oxygen atoms in total. The van der Waals surface area contributed by atoms with E-state index in [0.717, 1.165) is 0 Å². The zero-order valence-corrected chi connectivity index (χ0v) is 12.4. The molecule has 0 aliphatic heterocycles. The van der Waals surface area contributed by atoms with Crippen LogP contribution in [0.15, 0.2) is 8.42 Å². The van der Waals surface area contributed by atoms with Gasteiger partial charge < -0.3 is 0 Å². The third-order valence-electron chi connectivity index (χ3n) is 1.85. The van der Waals surface area contributed by atoms with Crippen molar-refractivity contribution in [3.63, 3.8) is 0 Å². The van der Waals surface area contributed by atoms with Gasteiger partial charge in [0.25, 0.3) is 0 Å². The summed E-state index contributed by atoms with van der Waals surface area (Å²) in [5.74, 6) is -1.22. The summed E-state index contributed by atoms with van der Waals surface area (Å²) in [5.41, 5.74) is 0. The summed E-state index contributed by atoms with van der Waals surface area (Å²) >= 11 is 1.32. The van der Waals surface area contributed by atoms with Crippen LogP contribution in [0.2, 0.25) is 0 Å². The van der Waals surface area contributed by atoms with Gasteiger partial charge in [0.1, 0.15) is 0 Å². The van der Waals surface area contributed by atoms with Crippen LogP contribution in [0.3, 0.4) is 0 Å². The second-order valence-electron chi connectivity index (χ2n) is 4.98. The van der Waals surface area contributed by atoms with Gasteiger partial charge in [-0.3, -0.25) is 0 Å². The Morgan fingerprint density at radius 2 is 1.00 bits per heavy atom. The first kappa shape index (κ1) is 13.3. The molecule has 5 heteroatoms. The molecule has 0 fully saturated rings. The van der Waals surface area contributed by atoms with Gasteiger partial charge >= 0.3 is 0 Å². The Bertz CT molecular complexity index is 335.